The van der Waals surface area contributed by atoms with Crippen LogP contribution in [0.1, 0.15) is 59.8 Å². The van der Waals surface area contributed by atoms with Crippen LogP contribution in [0.2, 0.25) is 0 Å². The summed E-state index contributed by atoms with van der Waals surface area (Å²) in [6.07, 6.45) is 3.26. The van der Waals surface area contributed by atoms with Gasteiger partial charge in [0.25, 0.3) is 0 Å². The molecule has 28 heavy (non-hydrogen) atoms. The zero-order chi connectivity index (χ0) is 20.7. The van der Waals surface area contributed by atoms with E-state index in [9.17, 15) is 19.5 Å². The molecule has 1 saturated carbocycles. The van der Waals surface area contributed by atoms with Crippen LogP contribution in [0, 0.1) is 11.8 Å². The molecule has 2 saturated heterocycles. The number of piperidine rings is 1. The van der Waals surface area contributed by atoms with E-state index in [0.29, 0.717) is 44.8 Å². The first-order valence-electron chi connectivity index (χ1n) is 10.3. The summed E-state index contributed by atoms with van der Waals surface area (Å²) in [6.45, 7) is 9.15. The highest BCUT2D eigenvalue weighted by Crippen LogP contribution is 2.37. The molecule has 3 rings (SSSR count). The third kappa shape index (κ3) is 4.36. The molecule has 3 fully saturated rings. The minimum atomic E-state index is -0.815. The zero-order valence-corrected chi connectivity index (χ0v) is 17.4. The summed E-state index contributed by atoms with van der Waals surface area (Å²) < 4.78 is 5.44. The monoisotopic (exact) mass is 395 g/mol. The molecule has 1 aliphatic carbocycles. The van der Waals surface area contributed by atoms with Crippen molar-refractivity contribution in [1.29, 1.82) is 0 Å². The van der Waals surface area contributed by atoms with Crippen molar-refractivity contribution in [3.05, 3.63) is 0 Å². The fraction of sp³-hybridized carbons (Fsp3) is 0.850. The smallest absolute Gasteiger partial charge is 0.410 e. The molecule has 0 aromatic heterocycles. The summed E-state index contributed by atoms with van der Waals surface area (Å²) in [4.78, 5) is 40.2. The van der Waals surface area contributed by atoms with Crippen LogP contribution in [0.25, 0.3) is 0 Å². The Morgan fingerprint density at radius 2 is 1.86 bits per heavy atom. The molecule has 2 aliphatic heterocycles. The molecule has 0 aromatic rings. The minimum Gasteiger partial charge on any atom is -0.481 e. The van der Waals surface area contributed by atoms with Crippen LogP contribution in [0.3, 0.4) is 0 Å². The van der Waals surface area contributed by atoms with E-state index in [1.54, 1.807) is 9.80 Å². The number of urea groups is 1. The maximum Gasteiger partial charge on any atom is 0.410 e. The van der Waals surface area contributed by atoms with Crippen molar-refractivity contribution >= 4 is 18.1 Å². The lowest BCUT2D eigenvalue weighted by atomic mass is 9.77. The Morgan fingerprint density at radius 3 is 2.43 bits per heavy atom. The summed E-state index contributed by atoms with van der Waals surface area (Å²) in [7, 11) is 0. The number of rotatable bonds is 2. The number of nitrogens with zero attached hydrogens (tertiary/aromatic N) is 2. The van der Waals surface area contributed by atoms with E-state index >= 15 is 0 Å². The van der Waals surface area contributed by atoms with E-state index < -0.39 is 17.5 Å². The molecule has 8 heteroatoms. The van der Waals surface area contributed by atoms with Crippen molar-refractivity contribution in [1.82, 2.24) is 15.1 Å². The summed E-state index contributed by atoms with van der Waals surface area (Å²) in [6, 6.07) is -0.423. The van der Waals surface area contributed by atoms with Gasteiger partial charge in [-0.25, -0.2) is 9.59 Å². The maximum absolute atomic E-state index is 12.7. The van der Waals surface area contributed by atoms with Gasteiger partial charge in [0.05, 0.1) is 11.5 Å². The van der Waals surface area contributed by atoms with Gasteiger partial charge in [-0.15, -0.1) is 0 Å². The number of amides is 3. The van der Waals surface area contributed by atoms with E-state index in [0.717, 1.165) is 12.8 Å². The second-order valence-electron chi connectivity index (χ2n) is 9.74. The second kappa shape index (κ2) is 7.44. The summed E-state index contributed by atoms with van der Waals surface area (Å²) >= 11 is 0. The Morgan fingerprint density at radius 1 is 1.21 bits per heavy atom. The largest absolute Gasteiger partial charge is 0.481 e. The van der Waals surface area contributed by atoms with Crippen LogP contribution in [-0.4, -0.2) is 69.8 Å². The zero-order valence-electron chi connectivity index (χ0n) is 17.4. The Labute approximate surface area is 166 Å². The third-order valence-electron chi connectivity index (χ3n) is 6.27. The molecule has 8 nitrogen and oxygen atoms in total. The Bertz CT molecular complexity index is 636. The van der Waals surface area contributed by atoms with E-state index in [1.807, 2.05) is 20.8 Å². The van der Waals surface area contributed by atoms with Gasteiger partial charge in [-0.2, -0.15) is 0 Å². The number of nitrogens with one attached hydrogen (secondary N) is 1. The van der Waals surface area contributed by atoms with Crippen LogP contribution in [0.4, 0.5) is 9.59 Å². The summed E-state index contributed by atoms with van der Waals surface area (Å²) in [5.74, 6) is -0.953. The second-order valence-corrected chi connectivity index (χ2v) is 9.74. The normalized spacial score (nSPS) is 30.3. The number of carbonyl (C=O) groups excluding carboxylic acids is 2. The summed E-state index contributed by atoms with van der Waals surface area (Å²) in [5, 5.41) is 12.8. The van der Waals surface area contributed by atoms with Gasteiger partial charge in [0.15, 0.2) is 0 Å². The fourth-order valence-corrected chi connectivity index (χ4v) is 4.73. The molecule has 0 radical (unpaired) electrons. The predicted molar refractivity (Wildman–Crippen MR) is 103 cm³/mol. The van der Waals surface area contributed by atoms with Crippen LogP contribution in [0.15, 0.2) is 0 Å². The van der Waals surface area contributed by atoms with E-state index in [-0.39, 0.29) is 23.7 Å². The van der Waals surface area contributed by atoms with E-state index in [4.69, 9.17) is 4.74 Å². The highest BCUT2D eigenvalue weighted by Gasteiger charge is 2.50. The number of likely N-dealkylation sites (tertiary alicyclic amines) is 1. The minimum absolute atomic E-state index is 0.170. The van der Waals surface area contributed by atoms with E-state index in [2.05, 4.69) is 12.2 Å². The van der Waals surface area contributed by atoms with Crippen molar-refractivity contribution in [3.8, 4) is 0 Å². The molecule has 2 heterocycles. The number of hydrogen-bond acceptors (Lipinski definition) is 4. The lowest BCUT2D eigenvalue weighted by Gasteiger charge is -2.41. The van der Waals surface area contributed by atoms with Gasteiger partial charge in [-0.1, -0.05) is 6.92 Å². The molecule has 1 spiro atoms. The number of aliphatic carboxylic acids is 1. The Kier molecular flexibility index (Phi) is 5.51. The van der Waals surface area contributed by atoms with Crippen LogP contribution >= 0.6 is 0 Å². The van der Waals surface area contributed by atoms with Crippen molar-refractivity contribution in [3.63, 3.8) is 0 Å². The molecule has 3 atom stereocenters. The van der Waals surface area contributed by atoms with Gasteiger partial charge in [0, 0.05) is 25.7 Å². The van der Waals surface area contributed by atoms with Crippen molar-refractivity contribution in [2.75, 3.05) is 19.6 Å². The SMILES string of the molecule is CC1CCC(N2CC3(CCN(C(=O)OC(C)(C)C)CC3)NC2=O)C(C(=O)O)C1. The molecule has 2 N–H and O–H groups in total. The Balaban J connectivity index is 1.63. The van der Waals surface area contributed by atoms with Gasteiger partial charge in [0.1, 0.15) is 5.60 Å². The molecular weight excluding hydrogens is 362 g/mol. The third-order valence-corrected chi connectivity index (χ3v) is 6.27. The van der Waals surface area contributed by atoms with Crippen LogP contribution < -0.4 is 5.32 Å². The maximum atomic E-state index is 12.7. The number of hydrogen-bond donors (Lipinski definition) is 2. The first-order valence-corrected chi connectivity index (χ1v) is 10.3. The number of carboxylic acids is 1. The molecular formula is C20H33N3O5. The van der Waals surface area contributed by atoms with Crippen LogP contribution in [-0.2, 0) is 9.53 Å². The predicted octanol–water partition coefficient (Wildman–Crippen LogP) is 2.67. The number of carbonyl (C=O) groups is 3. The molecule has 3 amide bonds. The van der Waals surface area contributed by atoms with E-state index in [1.165, 1.54) is 0 Å². The molecule has 158 valence electrons. The van der Waals surface area contributed by atoms with Gasteiger partial charge >= 0.3 is 18.1 Å². The molecule has 3 aliphatic rings. The molecule has 0 bridgehead atoms. The van der Waals surface area contributed by atoms with Crippen molar-refractivity contribution in [2.24, 2.45) is 11.8 Å². The van der Waals surface area contributed by atoms with Crippen LogP contribution in [0.5, 0.6) is 0 Å². The highest BCUT2D eigenvalue weighted by molar-refractivity contribution is 5.80. The van der Waals surface area contributed by atoms with Gasteiger partial charge in [0.2, 0.25) is 0 Å². The fourth-order valence-electron chi connectivity index (χ4n) is 4.73. The summed E-state index contributed by atoms with van der Waals surface area (Å²) in [5.41, 5.74) is -0.920. The Hall–Kier alpha value is -1.99. The van der Waals surface area contributed by atoms with Crippen molar-refractivity contribution < 1.29 is 24.2 Å². The number of ether oxygens (including phenoxy) is 1. The lowest BCUT2D eigenvalue weighted by Crippen LogP contribution is -2.54. The van der Waals surface area contributed by atoms with Gasteiger partial charge in [-0.3, -0.25) is 4.79 Å². The quantitative estimate of drug-likeness (QED) is 0.749. The average Bonchev–Trinajstić information content (AvgIpc) is 2.89. The van der Waals surface area contributed by atoms with Gasteiger partial charge < -0.3 is 25.0 Å². The molecule has 0 aromatic carbocycles. The van der Waals surface area contributed by atoms with Crippen molar-refractivity contribution in [2.45, 2.75) is 77.0 Å². The standard InChI is InChI=1S/C20H33N3O5/c1-13-5-6-15(14(11-13)16(24)25)23-12-20(21-17(23)26)7-9-22(10-8-20)18(27)28-19(2,3)4/h13-15H,5-12H2,1-4H3,(H,21,26)(H,24,25). The lowest BCUT2D eigenvalue weighted by molar-refractivity contribution is -0.145. The average molecular weight is 396 g/mol. The molecule has 3 unspecified atom stereocenters. The van der Waals surface area contributed by atoms with Gasteiger partial charge in [-0.05, 0) is 58.8 Å². The topological polar surface area (TPSA) is 99.2 Å². The number of carboxylic acid groups (broad SMARTS) is 1. The highest BCUT2D eigenvalue weighted by atomic mass is 16.6. The first-order chi connectivity index (χ1) is 13.0. The first kappa shape index (κ1) is 20.7.